The van der Waals surface area contributed by atoms with E-state index < -0.39 is 5.69 Å². The van der Waals surface area contributed by atoms with Crippen molar-refractivity contribution in [1.29, 1.82) is 0 Å². The molecule has 0 aliphatic heterocycles. The highest BCUT2D eigenvalue weighted by Crippen LogP contribution is 2.28. The van der Waals surface area contributed by atoms with Crippen LogP contribution in [0, 0.1) is 0 Å². The fraction of sp³-hybridized carbons (Fsp3) is 0.250. The Kier molecular flexibility index (Phi) is 4.40. The van der Waals surface area contributed by atoms with Crippen LogP contribution >= 0.6 is 0 Å². The van der Waals surface area contributed by atoms with Gasteiger partial charge in [0.25, 0.3) is 0 Å². The SMILES string of the molecule is [11CH3]Oc1cccc(-c2cc3cn(COCCO)c(=O)nc3o2)c1. The summed E-state index contributed by atoms with van der Waals surface area (Å²) >= 11 is 0. The highest BCUT2D eigenvalue weighted by Gasteiger charge is 2.10. The van der Waals surface area contributed by atoms with E-state index in [0.29, 0.717) is 16.9 Å². The molecule has 3 rings (SSSR count). The van der Waals surface area contributed by atoms with Gasteiger partial charge in [-0.2, -0.15) is 4.98 Å². The third-order valence-corrected chi connectivity index (χ3v) is 3.30. The van der Waals surface area contributed by atoms with Gasteiger partial charge in [0.2, 0.25) is 5.71 Å². The van der Waals surface area contributed by atoms with Crippen molar-refractivity contribution in [3.05, 3.63) is 47.0 Å². The van der Waals surface area contributed by atoms with E-state index in [2.05, 4.69) is 4.98 Å². The number of ether oxygens (including phenoxy) is 2. The summed E-state index contributed by atoms with van der Waals surface area (Å²) in [5.41, 5.74) is 0.631. The first kappa shape index (κ1) is 15.3. The lowest BCUT2D eigenvalue weighted by molar-refractivity contribution is 0.0460. The van der Waals surface area contributed by atoms with Crippen LogP contribution < -0.4 is 10.4 Å². The molecule has 0 atom stereocenters. The largest absolute Gasteiger partial charge is 0.497 e. The molecule has 0 radical (unpaired) electrons. The summed E-state index contributed by atoms with van der Waals surface area (Å²) in [5.74, 6) is 1.31. The van der Waals surface area contributed by atoms with Crippen LogP contribution in [0.25, 0.3) is 22.4 Å². The Balaban J connectivity index is 1.96. The Hall–Kier alpha value is -2.64. The number of nitrogens with zero attached hydrogens (tertiary/aromatic N) is 2. The molecule has 23 heavy (non-hydrogen) atoms. The third-order valence-electron chi connectivity index (χ3n) is 3.30. The Morgan fingerprint density at radius 2 is 2.22 bits per heavy atom. The van der Waals surface area contributed by atoms with Crippen LogP contribution in [-0.2, 0) is 11.5 Å². The van der Waals surface area contributed by atoms with Gasteiger partial charge in [-0.05, 0) is 18.2 Å². The van der Waals surface area contributed by atoms with Gasteiger partial charge < -0.3 is 19.0 Å². The number of aliphatic hydroxyl groups excluding tert-OH is 1. The molecule has 0 aliphatic rings. The first-order valence-corrected chi connectivity index (χ1v) is 7.05. The summed E-state index contributed by atoms with van der Waals surface area (Å²) < 4.78 is 17.3. The van der Waals surface area contributed by atoms with Gasteiger partial charge in [0.05, 0.1) is 25.7 Å². The lowest BCUT2D eigenvalue weighted by Gasteiger charge is -2.04. The van der Waals surface area contributed by atoms with Crippen LogP contribution in [0.2, 0.25) is 0 Å². The highest BCUT2D eigenvalue weighted by atomic mass is 16.5. The van der Waals surface area contributed by atoms with Crippen molar-refractivity contribution in [2.45, 2.75) is 6.73 Å². The molecule has 1 aromatic carbocycles. The van der Waals surface area contributed by atoms with E-state index in [1.807, 2.05) is 24.3 Å². The number of aliphatic hydroxyl groups is 1. The Labute approximate surface area is 131 Å². The molecule has 0 fully saturated rings. The zero-order chi connectivity index (χ0) is 16.2. The van der Waals surface area contributed by atoms with Crippen molar-refractivity contribution in [2.24, 2.45) is 0 Å². The van der Waals surface area contributed by atoms with E-state index in [-0.39, 0.29) is 25.7 Å². The molecule has 0 aliphatic carbocycles. The van der Waals surface area contributed by atoms with E-state index in [9.17, 15) is 4.79 Å². The van der Waals surface area contributed by atoms with Gasteiger partial charge in [-0.25, -0.2) is 4.79 Å². The Bertz CT molecular complexity index is 868. The van der Waals surface area contributed by atoms with Gasteiger partial charge in [0.15, 0.2) is 0 Å². The second kappa shape index (κ2) is 6.64. The molecular formula is C16H16N2O5. The predicted octanol–water partition coefficient (Wildman–Crippen LogP) is 1.63. The van der Waals surface area contributed by atoms with Crippen molar-refractivity contribution in [2.75, 3.05) is 20.3 Å². The van der Waals surface area contributed by atoms with Crippen LogP contribution in [0.5, 0.6) is 5.75 Å². The quantitative estimate of drug-likeness (QED) is 0.696. The monoisotopic (exact) mass is 315 g/mol. The first-order chi connectivity index (χ1) is 11.2. The van der Waals surface area contributed by atoms with Gasteiger partial charge >= 0.3 is 5.69 Å². The van der Waals surface area contributed by atoms with E-state index >= 15 is 0 Å². The lowest BCUT2D eigenvalue weighted by atomic mass is 10.1. The van der Waals surface area contributed by atoms with E-state index in [4.69, 9.17) is 19.0 Å². The van der Waals surface area contributed by atoms with Crippen LogP contribution in [0.4, 0.5) is 0 Å². The summed E-state index contributed by atoms with van der Waals surface area (Å²) in [6, 6.07) is 9.23. The maximum absolute atomic E-state index is 11.9. The zero-order valence-electron chi connectivity index (χ0n) is 12.6. The van der Waals surface area contributed by atoms with Crippen LogP contribution in [0.15, 0.2) is 45.7 Å². The average molecular weight is 315 g/mol. The van der Waals surface area contributed by atoms with E-state index in [1.165, 1.54) is 4.57 Å². The minimum absolute atomic E-state index is 0.0298. The van der Waals surface area contributed by atoms with Crippen LogP contribution in [0.1, 0.15) is 0 Å². The number of rotatable bonds is 6. The van der Waals surface area contributed by atoms with Gasteiger partial charge in [0.1, 0.15) is 18.2 Å². The molecule has 7 nitrogen and oxygen atoms in total. The summed E-state index contributed by atoms with van der Waals surface area (Å²) in [6.07, 6.45) is 1.62. The van der Waals surface area contributed by atoms with Crippen LogP contribution in [0.3, 0.4) is 0 Å². The van der Waals surface area contributed by atoms with Gasteiger partial charge in [-0.1, -0.05) is 12.1 Å². The van der Waals surface area contributed by atoms with Crippen molar-refractivity contribution in [3.8, 4) is 17.1 Å². The molecule has 0 unspecified atom stereocenters. The van der Waals surface area contributed by atoms with Gasteiger partial charge in [0, 0.05) is 11.8 Å². The van der Waals surface area contributed by atoms with Crippen molar-refractivity contribution >= 4 is 11.1 Å². The van der Waals surface area contributed by atoms with Gasteiger partial charge in [-0.15, -0.1) is 0 Å². The predicted molar refractivity (Wildman–Crippen MR) is 83.3 cm³/mol. The molecule has 0 bridgehead atoms. The normalized spacial score (nSPS) is 11.0. The highest BCUT2D eigenvalue weighted by molar-refractivity contribution is 5.79. The molecule has 120 valence electrons. The second-order valence-electron chi connectivity index (χ2n) is 4.86. The number of aromatic nitrogens is 2. The number of methoxy groups -OCH3 is 1. The molecule has 2 aromatic heterocycles. The minimum atomic E-state index is -0.470. The Morgan fingerprint density at radius 3 is 3.00 bits per heavy atom. The van der Waals surface area contributed by atoms with Gasteiger partial charge in [-0.3, -0.25) is 4.57 Å². The van der Waals surface area contributed by atoms with Crippen molar-refractivity contribution in [1.82, 2.24) is 9.55 Å². The fourth-order valence-corrected chi connectivity index (χ4v) is 2.19. The topological polar surface area (TPSA) is 86.7 Å². The Morgan fingerprint density at radius 1 is 1.35 bits per heavy atom. The lowest BCUT2D eigenvalue weighted by Crippen LogP contribution is -2.23. The standard InChI is InChI=1S/C16H16N2O5/c1-21-13-4-2-3-11(7-13)14-8-12-9-18(10-22-6-5-19)16(20)17-15(12)23-14/h2-4,7-9,19H,5-6,10H2,1H3/i1-1. The third kappa shape index (κ3) is 3.25. The summed E-state index contributed by atoms with van der Waals surface area (Å²) in [6.45, 7) is 0.0864. The average Bonchev–Trinajstić information content (AvgIpc) is 2.98. The molecule has 0 amide bonds. The molecule has 0 saturated carbocycles. The number of hydrogen-bond donors (Lipinski definition) is 1. The van der Waals surface area contributed by atoms with Crippen molar-refractivity contribution in [3.63, 3.8) is 0 Å². The van der Waals surface area contributed by atoms with Crippen LogP contribution in [-0.4, -0.2) is 35.0 Å². The fourth-order valence-electron chi connectivity index (χ4n) is 2.19. The molecule has 0 spiro atoms. The maximum atomic E-state index is 11.9. The summed E-state index contributed by atoms with van der Waals surface area (Å²) in [7, 11) is 1.60. The zero-order valence-corrected chi connectivity index (χ0v) is 12.6. The minimum Gasteiger partial charge on any atom is -0.497 e. The molecule has 0 saturated heterocycles. The maximum Gasteiger partial charge on any atom is 0.352 e. The van der Waals surface area contributed by atoms with E-state index in [1.54, 1.807) is 19.4 Å². The number of furan rings is 1. The van der Waals surface area contributed by atoms with Crippen molar-refractivity contribution < 1.29 is 19.0 Å². The second-order valence-corrected chi connectivity index (χ2v) is 4.86. The molecule has 2 heterocycles. The molecule has 7 heteroatoms. The smallest absolute Gasteiger partial charge is 0.352 e. The molecule has 1 N–H and O–H groups in total. The summed E-state index contributed by atoms with van der Waals surface area (Å²) in [4.78, 5) is 15.8. The molecular weight excluding hydrogens is 299 g/mol. The number of hydrogen-bond acceptors (Lipinski definition) is 6. The van der Waals surface area contributed by atoms with E-state index in [0.717, 1.165) is 5.56 Å². The first-order valence-electron chi connectivity index (χ1n) is 7.05. The molecule has 3 aromatic rings. The number of fused-ring (bicyclic) bond motifs is 1. The summed E-state index contributed by atoms with van der Waals surface area (Å²) in [5, 5.41) is 9.39. The number of benzene rings is 1.